The molecule has 41 heavy (non-hydrogen) atoms. The average Bonchev–Trinajstić information content (AvgIpc) is 3.43. The molecule has 1 rings (SSSR count). The van der Waals surface area contributed by atoms with Crippen LogP contribution in [0.25, 0.3) is 0 Å². The van der Waals surface area contributed by atoms with Gasteiger partial charge in [0, 0.05) is 11.3 Å². The standard InChI is InChI=1S/C28H47N5O7S/c1-15(2)23(27(38)33-24(16(3)4)28(39)40-7)32-22(35)13-12-21(34)20(11-10-19-9-8-14-41-19)31-26(37)18(6)30-25(36)17(5)29/h8-9,14-18,20-21,23-24,34H,10-13,29H2,1-7H3,(H,30,36)(H,31,37)(H,32,35)(H,33,38)/t17-,18-,20?,21?,23-,24-/m0/s1. The largest absolute Gasteiger partial charge is 0.467 e. The van der Waals surface area contributed by atoms with Crippen molar-refractivity contribution in [2.45, 2.75) is 104 Å². The Morgan fingerprint density at radius 3 is 2.02 bits per heavy atom. The lowest BCUT2D eigenvalue weighted by molar-refractivity contribution is -0.146. The van der Waals surface area contributed by atoms with Crippen LogP contribution in [0.1, 0.15) is 65.7 Å². The maximum Gasteiger partial charge on any atom is 0.328 e. The third-order valence-electron chi connectivity index (χ3n) is 6.59. The Kier molecular flexibility index (Phi) is 15.5. The Hall–Kier alpha value is -3.03. The maximum atomic E-state index is 12.9. The highest BCUT2D eigenvalue weighted by molar-refractivity contribution is 7.09. The van der Waals surface area contributed by atoms with E-state index >= 15 is 0 Å². The summed E-state index contributed by atoms with van der Waals surface area (Å²) in [5.74, 6) is -3.01. The van der Waals surface area contributed by atoms with Gasteiger partial charge in [-0.2, -0.15) is 0 Å². The highest BCUT2D eigenvalue weighted by Crippen LogP contribution is 2.16. The highest BCUT2D eigenvalue weighted by atomic mass is 32.1. The predicted molar refractivity (Wildman–Crippen MR) is 157 cm³/mol. The molecular formula is C28H47N5O7S. The van der Waals surface area contributed by atoms with Gasteiger partial charge in [0.15, 0.2) is 0 Å². The summed E-state index contributed by atoms with van der Waals surface area (Å²) in [6.45, 7) is 10.1. The number of hydrogen-bond donors (Lipinski definition) is 6. The third kappa shape index (κ3) is 12.6. The van der Waals surface area contributed by atoms with Crippen LogP contribution < -0.4 is 27.0 Å². The van der Waals surface area contributed by atoms with E-state index in [1.165, 1.54) is 21.0 Å². The molecule has 6 atom stereocenters. The van der Waals surface area contributed by atoms with Crippen LogP contribution in [0, 0.1) is 11.8 Å². The first-order valence-electron chi connectivity index (χ1n) is 13.9. The van der Waals surface area contributed by atoms with Crippen LogP contribution in [0.5, 0.6) is 0 Å². The van der Waals surface area contributed by atoms with Gasteiger partial charge in [0.2, 0.25) is 23.6 Å². The molecule has 0 saturated carbocycles. The van der Waals surface area contributed by atoms with Crippen LogP contribution in [-0.4, -0.2) is 78.1 Å². The van der Waals surface area contributed by atoms with Crippen LogP contribution in [0.3, 0.4) is 0 Å². The Morgan fingerprint density at radius 1 is 0.878 bits per heavy atom. The van der Waals surface area contributed by atoms with Crippen molar-refractivity contribution in [3.05, 3.63) is 22.4 Å². The number of aliphatic hydroxyl groups is 1. The lowest BCUT2D eigenvalue weighted by Gasteiger charge is -2.27. The molecule has 7 N–H and O–H groups in total. The number of methoxy groups -OCH3 is 1. The molecule has 2 unspecified atom stereocenters. The van der Waals surface area contributed by atoms with Crippen molar-refractivity contribution < 1.29 is 33.8 Å². The van der Waals surface area contributed by atoms with E-state index in [1.54, 1.807) is 39.0 Å². The summed E-state index contributed by atoms with van der Waals surface area (Å²) in [4.78, 5) is 63.6. The van der Waals surface area contributed by atoms with Gasteiger partial charge in [0.05, 0.1) is 25.3 Å². The molecule has 0 aromatic carbocycles. The van der Waals surface area contributed by atoms with E-state index in [1.807, 2.05) is 17.5 Å². The van der Waals surface area contributed by atoms with Crippen LogP contribution in [0.2, 0.25) is 0 Å². The number of thiophene rings is 1. The first-order chi connectivity index (χ1) is 19.2. The molecule has 12 nitrogen and oxygen atoms in total. The first-order valence-corrected chi connectivity index (χ1v) is 14.8. The van der Waals surface area contributed by atoms with E-state index in [4.69, 9.17) is 10.5 Å². The van der Waals surface area contributed by atoms with E-state index < -0.39 is 65.9 Å². The van der Waals surface area contributed by atoms with E-state index in [0.717, 1.165) is 4.88 Å². The van der Waals surface area contributed by atoms with Crippen molar-refractivity contribution in [3.63, 3.8) is 0 Å². The average molecular weight is 598 g/mol. The number of esters is 1. The number of carbonyl (C=O) groups is 5. The number of nitrogens with one attached hydrogen (secondary N) is 4. The van der Waals surface area contributed by atoms with Crippen LogP contribution in [0.4, 0.5) is 0 Å². The summed E-state index contributed by atoms with van der Waals surface area (Å²) in [7, 11) is 1.24. The van der Waals surface area contributed by atoms with Crippen molar-refractivity contribution in [3.8, 4) is 0 Å². The Balaban J connectivity index is 2.85. The van der Waals surface area contributed by atoms with E-state index in [0.29, 0.717) is 12.8 Å². The van der Waals surface area contributed by atoms with Gasteiger partial charge in [-0.15, -0.1) is 11.3 Å². The molecular weight excluding hydrogens is 550 g/mol. The van der Waals surface area contributed by atoms with Crippen molar-refractivity contribution in [1.82, 2.24) is 21.3 Å². The second kappa shape index (κ2) is 17.7. The summed E-state index contributed by atoms with van der Waals surface area (Å²) >= 11 is 1.56. The number of amides is 4. The van der Waals surface area contributed by atoms with Gasteiger partial charge in [-0.25, -0.2) is 4.79 Å². The lowest BCUT2D eigenvalue weighted by atomic mass is 9.98. The van der Waals surface area contributed by atoms with Crippen molar-refractivity contribution >= 4 is 40.9 Å². The smallest absolute Gasteiger partial charge is 0.328 e. The van der Waals surface area contributed by atoms with Gasteiger partial charge in [0.1, 0.15) is 18.1 Å². The lowest BCUT2D eigenvalue weighted by Crippen LogP contribution is -2.55. The number of rotatable bonds is 17. The number of aryl methyl sites for hydroxylation is 1. The van der Waals surface area contributed by atoms with Crippen molar-refractivity contribution in [1.29, 1.82) is 0 Å². The summed E-state index contributed by atoms with van der Waals surface area (Å²) in [5, 5.41) is 23.6. The highest BCUT2D eigenvalue weighted by Gasteiger charge is 2.31. The second-order valence-electron chi connectivity index (χ2n) is 10.9. The summed E-state index contributed by atoms with van der Waals surface area (Å²) in [6, 6.07) is -0.250. The molecule has 1 heterocycles. The van der Waals surface area contributed by atoms with Gasteiger partial charge in [-0.3, -0.25) is 19.2 Å². The summed E-state index contributed by atoms with van der Waals surface area (Å²) in [5.41, 5.74) is 5.57. The predicted octanol–water partition coefficient (Wildman–Crippen LogP) is 0.613. The number of carbonyl (C=O) groups excluding carboxylic acids is 5. The fourth-order valence-corrected chi connectivity index (χ4v) is 4.68. The minimum atomic E-state index is -1.07. The monoisotopic (exact) mass is 597 g/mol. The van der Waals surface area contributed by atoms with Crippen LogP contribution in [0.15, 0.2) is 17.5 Å². The fraction of sp³-hybridized carbons (Fsp3) is 0.679. The molecule has 1 aromatic rings. The van der Waals surface area contributed by atoms with Crippen molar-refractivity contribution in [2.75, 3.05) is 7.11 Å². The van der Waals surface area contributed by atoms with E-state index in [-0.39, 0.29) is 24.7 Å². The third-order valence-corrected chi connectivity index (χ3v) is 7.53. The molecule has 0 aliphatic rings. The molecule has 0 bridgehead atoms. The quantitative estimate of drug-likeness (QED) is 0.141. The second-order valence-corrected chi connectivity index (χ2v) is 11.9. The fourth-order valence-electron chi connectivity index (χ4n) is 3.96. The zero-order valence-corrected chi connectivity index (χ0v) is 25.9. The SMILES string of the molecule is COC(=O)[C@@H](NC(=O)[C@@H](NC(=O)CCC(O)C(CCc1cccs1)NC(=O)[C@H](C)NC(=O)[C@H](C)N)C(C)C)C(C)C. The minimum Gasteiger partial charge on any atom is -0.467 e. The molecule has 0 radical (unpaired) electrons. The normalized spacial score (nSPS) is 15.7. The van der Waals surface area contributed by atoms with Gasteiger partial charge in [-0.05, 0) is 56.4 Å². The van der Waals surface area contributed by atoms with E-state index in [2.05, 4.69) is 21.3 Å². The number of ether oxygens (including phenoxy) is 1. The topological polar surface area (TPSA) is 189 Å². The molecule has 0 aliphatic carbocycles. The minimum absolute atomic E-state index is 0.0189. The molecule has 4 amide bonds. The van der Waals surface area contributed by atoms with Gasteiger partial charge in [0.25, 0.3) is 0 Å². The number of nitrogens with two attached hydrogens (primary N) is 1. The molecule has 1 aromatic heterocycles. The van der Waals surface area contributed by atoms with Crippen LogP contribution >= 0.6 is 11.3 Å². The Morgan fingerprint density at radius 2 is 1.51 bits per heavy atom. The van der Waals surface area contributed by atoms with E-state index in [9.17, 15) is 29.1 Å². The molecule has 0 aliphatic heterocycles. The first kappa shape index (κ1) is 36.0. The van der Waals surface area contributed by atoms with Crippen molar-refractivity contribution in [2.24, 2.45) is 17.6 Å². The number of hydrogen-bond acceptors (Lipinski definition) is 9. The molecule has 0 saturated heterocycles. The maximum absolute atomic E-state index is 12.9. The Labute approximate surface area is 246 Å². The van der Waals surface area contributed by atoms with Gasteiger partial charge in [-0.1, -0.05) is 33.8 Å². The molecule has 232 valence electrons. The zero-order chi connectivity index (χ0) is 31.3. The number of aliphatic hydroxyl groups excluding tert-OH is 1. The zero-order valence-electron chi connectivity index (χ0n) is 25.1. The van der Waals surface area contributed by atoms with Gasteiger partial charge >= 0.3 is 5.97 Å². The molecule has 0 spiro atoms. The van der Waals surface area contributed by atoms with Gasteiger partial charge < -0.3 is 36.8 Å². The Bertz CT molecular complexity index is 1000. The molecule has 13 heteroatoms. The summed E-state index contributed by atoms with van der Waals surface area (Å²) in [6.07, 6.45) is -0.157. The van der Waals surface area contributed by atoms with Crippen LogP contribution in [-0.2, 0) is 35.1 Å². The summed E-state index contributed by atoms with van der Waals surface area (Å²) < 4.78 is 4.77. The molecule has 0 fully saturated rings.